The average molecular weight is 367 g/mol. The molecule has 1 aromatic rings. The molecule has 0 bridgehead atoms. The fourth-order valence-electron chi connectivity index (χ4n) is 3.09. The number of amides is 2. The van der Waals surface area contributed by atoms with Crippen LogP contribution in [0.3, 0.4) is 0 Å². The van der Waals surface area contributed by atoms with Crippen molar-refractivity contribution in [2.24, 2.45) is 0 Å². The van der Waals surface area contributed by atoms with E-state index >= 15 is 0 Å². The standard InChI is InChI=1S/C19H27ClN2O3/c1-13(5-10-17-4-3-11-25-17)21-19(24)12-18(22-14(2)23)15-6-8-16(20)9-7-15/h6-9,13,17-18H,3-5,10-12H2,1-2H3,(H,21,24)(H,22,23). The summed E-state index contributed by atoms with van der Waals surface area (Å²) in [6.45, 7) is 4.30. The highest BCUT2D eigenvalue weighted by Gasteiger charge is 2.20. The Bertz CT molecular complexity index is 571. The van der Waals surface area contributed by atoms with Gasteiger partial charge in [-0.05, 0) is 50.3 Å². The molecule has 1 fully saturated rings. The minimum atomic E-state index is -0.361. The Morgan fingerprint density at radius 1 is 1.28 bits per heavy atom. The summed E-state index contributed by atoms with van der Waals surface area (Å²) in [6, 6.07) is 6.90. The van der Waals surface area contributed by atoms with E-state index < -0.39 is 0 Å². The zero-order valence-corrected chi connectivity index (χ0v) is 15.6. The maximum atomic E-state index is 12.4. The fraction of sp³-hybridized carbons (Fsp3) is 0.579. The van der Waals surface area contributed by atoms with Gasteiger partial charge in [-0.2, -0.15) is 0 Å². The van der Waals surface area contributed by atoms with E-state index in [0.717, 1.165) is 37.9 Å². The van der Waals surface area contributed by atoms with Gasteiger partial charge in [-0.25, -0.2) is 0 Å². The molecule has 0 radical (unpaired) electrons. The predicted molar refractivity (Wildman–Crippen MR) is 98.4 cm³/mol. The van der Waals surface area contributed by atoms with Crippen molar-refractivity contribution in [2.45, 2.75) is 64.1 Å². The minimum absolute atomic E-state index is 0.0754. The number of carbonyl (C=O) groups excluding carboxylic acids is 2. The van der Waals surface area contributed by atoms with E-state index in [2.05, 4.69) is 10.6 Å². The maximum Gasteiger partial charge on any atom is 0.222 e. The quantitative estimate of drug-likeness (QED) is 0.741. The van der Waals surface area contributed by atoms with Gasteiger partial charge in [0.15, 0.2) is 0 Å². The lowest BCUT2D eigenvalue weighted by Gasteiger charge is -2.21. The molecule has 1 saturated heterocycles. The van der Waals surface area contributed by atoms with Gasteiger partial charge in [0, 0.05) is 24.6 Å². The lowest BCUT2D eigenvalue weighted by atomic mass is 10.0. The van der Waals surface area contributed by atoms with E-state index in [9.17, 15) is 9.59 Å². The van der Waals surface area contributed by atoms with Gasteiger partial charge >= 0.3 is 0 Å². The van der Waals surface area contributed by atoms with Crippen molar-refractivity contribution in [1.82, 2.24) is 10.6 Å². The Balaban J connectivity index is 1.85. The summed E-state index contributed by atoms with van der Waals surface area (Å²) in [6.07, 6.45) is 4.63. The number of ether oxygens (including phenoxy) is 1. The predicted octanol–water partition coefficient (Wildman–Crippen LogP) is 3.37. The number of halogens is 1. The molecule has 0 saturated carbocycles. The SMILES string of the molecule is CC(=O)NC(CC(=O)NC(C)CCC1CCCO1)c1ccc(Cl)cc1. The summed E-state index contributed by atoms with van der Waals surface area (Å²) in [4.78, 5) is 23.8. The molecule has 138 valence electrons. The third kappa shape index (κ3) is 7.04. The third-order valence-electron chi connectivity index (χ3n) is 4.39. The first-order valence-electron chi connectivity index (χ1n) is 8.87. The second-order valence-corrected chi connectivity index (χ2v) is 7.13. The molecule has 3 atom stereocenters. The third-order valence-corrected chi connectivity index (χ3v) is 4.64. The number of rotatable bonds is 8. The lowest BCUT2D eigenvalue weighted by molar-refractivity contribution is -0.123. The van der Waals surface area contributed by atoms with E-state index in [4.69, 9.17) is 16.3 Å². The molecule has 6 heteroatoms. The number of benzene rings is 1. The molecule has 25 heavy (non-hydrogen) atoms. The van der Waals surface area contributed by atoms with Crippen LogP contribution in [0.4, 0.5) is 0 Å². The lowest BCUT2D eigenvalue weighted by Crippen LogP contribution is -2.37. The van der Waals surface area contributed by atoms with E-state index in [-0.39, 0.29) is 30.3 Å². The van der Waals surface area contributed by atoms with Crippen LogP contribution in [-0.2, 0) is 14.3 Å². The number of carbonyl (C=O) groups is 2. The number of nitrogens with one attached hydrogen (secondary N) is 2. The highest BCUT2D eigenvalue weighted by Crippen LogP contribution is 2.20. The molecule has 2 rings (SSSR count). The number of hydrogen-bond acceptors (Lipinski definition) is 3. The van der Waals surface area contributed by atoms with Crippen LogP contribution in [0.1, 0.15) is 57.6 Å². The molecule has 2 amide bonds. The Kier molecular flexibility index (Phi) is 7.72. The van der Waals surface area contributed by atoms with Gasteiger partial charge in [-0.15, -0.1) is 0 Å². The van der Waals surface area contributed by atoms with Crippen LogP contribution in [0.15, 0.2) is 24.3 Å². The van der Waals surface area contributed by atoms with Crippen LogP contribution in [-0.4, -0.2) is 30.6 Å². The van der Waals surface area contributed by atoms with E-state index in [1.54, 1.807) is 12.1 Å². The van der Waals surface area contributed by atoms with E-state index in [1.807, 2.05) is 19.1 Å². The monoisotopic (exact) mass is 366 g/mol. The minimum Gasteiger partial charge on any atom is -0.378 e. The maximum absolute atomic E-state index is 12.4. The summed E-state index contributed by atoms with van der Waals surface area (Å²) in [5.74, 6) is -0.243. The van der Waals surface area contributed by atoms with Gasteiger partial charge in [0.25, 0.3) is 0 Å². The van der Waals surface area contributed by atoms with E-state index in [1.165, 1.54) is 6.92 Å². The first-order valence-corrected chi connectivity index (χ1v) is 9.25. The normalized spacial score (nSPS) is 19.2. The molecule has 5 nitrogen and oxygen atoms in total. The molecular weight excluding hydrogens is 340 g/mol. The van der Waals surface area contributed by atoms with E-state index in [0.29, 0.717) is 11.1 Å². The Labute approximate surface area is 154 Å². The molecular formula is C19H27ClN2O3. The van der Waals surface area contributed by atoms with Crippen molar-refractivity contribution in [3.63, 3.8) is 0 Å². The van der Waals surface area contributed by atoms with Gasteiger partial charge in [-0.3, -0.25) is 9.59 Å². The summed E-state index contributed by atoms with van der Waals surface area (Å²) in [7, 11) is 0. The summed E-state index contributed by atoms with van der Waals surface area (Å²) in [5.41, 5.74) is 0.863. The second kappa shape index (κ2) is 9.78. The summed E-state index contributed by atoms with van der Waals surface area (Å²) in [5, 5.41) is 6.47. The molecule has 2 N–H and O–H groups in total. The fourth-order valence-corrected chi connectivity index (χ4v) is 3.22. The topological polar surface area (TPSA) is 67.4 Å². The van der Waals surface area contributed by atoms with Crippen LogP contribution < -0.4 is 10.6 Å². The van der Waals surface area contributed by atoms with Crippen molar-refractivity contribution >= 4 is 23.4 Å². The van der Waals surface area contributed by atoms with Gasteiger partial charge in [0.1, 0.15) is 0 Å². The van der Waals surface area contributed by atoms with Crippen molar-refractivity contribution in [3.8, 4) is 0 Å². The van der Waals surface area contributed by atoms with Crippen LogP contribution in [0.5, 0.6) is 0 Å². The van der Waals surface area contributed by atoms with Crippen molar-refractivity contribution in [2.75, 3.05) is 6.61 Å². The largest absolute Gasteiger partial charge is 0.378 e. The van der Waals surface area contributed by atoms with Gasteiger partial charge in [-0.1, -0.05) is 23.7 Å². The van der Waals surface area contributed by atoms with Crippen LogP contribution in [0, 0.1) is 0 Å². The van der Waals surface area contributed by atoms with Crippen molar-refractivity contribution in [3.05, 3.63) is 34.9 Å². The Hall–Kier alpha value is -1.59. The highest BCUT2D eigenvalue weighted by molar-refractivity contribution is 6.30. The molecule has 0 aromatic heterocycles. The summed E-state index contributed by atoms with van der Waals surface area (Å²) >= 11 is 5.91. The van der Waals surface area contributed by atoms with Crippen molar-refractivity contribution in [1.29, 1.82) is 0 Å². The molecule has 1 heterocycles. The Morgan fingerprint density at radius 3 is 2.60 bits per heavy atom. The first kappa shape index (κ1) is 19.7. The van der Waals surface area contributed by atoms with Crippen LogP contribution >= 0.6 is 11.6 Å². The van der Waals surface area contributed by atoms with Gasteiger partial charge in [0.2, 0.25) is 11.8 Å². The molecule has 0 aliphatic carbocycles. The molecule has 1 aliphatic heterocycles. The zero-order chi connectivity index (χ0) is 18.2. The smallest absolute Gasteiger partial charge is 0.222 e. The highest BCUT2D eigenvalue weighted by atomic mass is 35.5. The molecule has 3 unspecified atom stereocenters. The van der Waals surface area contributed by atoms with Crippen molar-refractivity contribution < 1.29 is 14.3 Å². The van der Waals surface area contributed by atoms with Crippen LogP contribution in [0.2, 0.25) is 5.02 Å². The zero-order valence-electron chi connectivity index (χ0n) is 14.9. The van der Waals surface area contributed by atoms with Crippen LogP contribution in [0.25, 0.3) is 0 Å². The average Bonchev–Trinajstić information content (AvgIpc) is 3.06. The van der Waals surface area contributed by atoms with Gasteiger partial charge < -0.3 is 15.4 Å². The number of hydrogen-bond donors (Lipinski definition) is 2. The molecule has 1 aliphatic rings. The first-order chi connectivity index (χ1) is 11.9. The second-order valence-electron chi connectivity index (χ2n) is 6.69. The molecule has 0 spiro atoms. The summed E-state index contributed by atoms with van der Waals surface area (Å²) < 4.78 is 5.61. The van der Waals surface area contributed by atoms with Gasteiger partial charge in [0.05, 0.1) is 18.6 Å². The Morgan fingerprint density at radius 2 is 2.00 bits per heavy atom. The molecule has 1 aromatic carbocycles.